The molecule has 0 saturated carbocycles. The van der Waals surface area contributed by atoms with Gasteiger partial charge in [0.1, 0.15) is 0 Å². The van der Waals surface area contributed by atoms with Crippen LogP contribution in [0.15, 0.2) is 6.07 Å². The standard InChI is InChI=1S/C24H35N5O2/c1-15-10-16(2)13-28(12-15)24(31)7-6-21-17(3)25-23-11-22(26-29(23)18(21)4)20-8-9-27(14-20)19(5)30/h11,15-16,20H,6-10,12-14H2,1-5H3/t15-,16+,20-/m0/s1. The molecule has 2 aliphatic heterocycles. The lowest BCUT2D eigenvalue weighted by molar-refractivity contribution is -0.133. The minimum Gasteiger partial charge on any atom is -0.342 e. The fraction of sp³-hybridized carbons (Fsp3) is 0.667. The SMILES string of the molecule is CC(=O)N1CC[C@H](c2cc3nc(C)c(CCC(=O)N4C[C@H](C)C[C@H](C)C4)c(C)n3n2)C1. The lowest BCUT2D eigenvalue weighted by Crippen LogP contribution is -2.42. The first kappa shape index (κ1) is 21.8. The smallest absolute Gasteiger partial charge is 0.222 e. The molecule has 0 N–H and O–H groups in total. The fourth-order valence-electron chi connectivity index (χ4n) is 5.45. The fourth-order valence-corrected chi connectivity index (χ4v) is 5.45. The summed E-state index contributed by atoms with van der Waals surface area (Å²) >= 11 is 0. The lowest BCUT2D eigenvalue weighted by Gasteiger charge is -2.35. The molecule has 0 radical (unpaired) electrons. The van der Waals surface area contributed by atoms with Crippen molar-refractivity contribution in [1.82, 2.24) is 24.4 Å². The van der Waals surface area contributed by atoms with Crippen LogP contribution in [0.5, 0.6) is 0 Å². The van der Waals surface area contributed by atoms with E-state index in [1.54, 1.807) is 6.92 Å². The molecule has 0 bridgehead atoms. The van der Waals surface area contributed by atoms with E-state index in [2.05, 4.69) is 26.8 Å². The minimum atomic E-state index is 0.126. The van der Waals surface area contributed by atoms with Crippen molar-refractivity contribution in [2.45, 2.75) is 66.2 Å². The number of nitrogens with zero attached hydrogens (tertiary/aromatic N) is 5. The molecule has 168 valence electrons. The van der Waals surface area contributed by atoms with Gasteiger partial charge in [-0.15, -0.1) is 0 Å². The second-order valence-corrected chi connectivity index (χ2v) is 9.80. The number of aromatic nitrogens is 3. The second-order valence-electron chi connectivity index (χ2n) is 9.80. The van der Waals surface area contributed by atoms with Crippen LogP contribution in [-0.2, 0) is 16.0 Å². The molecule has 2 fully saturated rings. The van der Waals surface area contributed by atoms with Crippen LogP contribution in [0.2, 0.25) is 0 Å². The maximum absolute atomic E-state index is 12.9. The molecule has 31 heavy (non-hydrogen) atoms. The minimum absolute atomic E-state index is 0.126. The molecular formula is C24H35N5O2. The van der Waals surface area contributed by atoms with E-state index in [1.807, 2.05) is 21.2 Å². The predicted octanol–water partition coefficient (Wildman–Crippen LogP) is 3.12. The van der Waals surface area contributed by atoms with Crippen molar-refractivity contribution in [2.75, 3.05) is 26.2 Å². The van der Waals surface area contributed by atoms with Gasteiger partial charge in [0.15, 0.2) is 5.65 Å². The zero-order valence-corrected chi connectivity index (χ0v) is 19.5. The zero-order valence-electron chi connectivity index (χ0n) is 19.5. The Bertz CT molecular complexity index is 988. The van der Waals surface area contributed by atoms with E-state index in [0.29, 0.717) is 24.7 Å². The van der Waals surface area contributed by atoms with Crippen molar-refractivity contribution in [3.8, 4) is 0 Å². The molecule has 0 aromatic carbocycles. The molecular weight excluding hydrogens is 390 g/mol. The topological polar surface area (TPSA) is 70.8 Å². The molecule has 2 amide bonds. The molecule has 2 aliphatic rings. The number of hydrogen-bond acceptors (Lipinski definition) is 4. The van der Waals surface area contributed by atoms with Crippen molar-refractivity contribution in [3.63, 3.8) is 0 Å². The van der Waals surface area contributed by atoms with E-state index in [0.717, 1.165) is 60.9 Å². The third kappa shape index (κ3) is 4.46. The van der Waals surface area contributed by atoms with Gasteiger partial charge in [-0.3, -0.25) is 9.59 Å². The van der Waals surface area contributed by atoms with Gasteiger partial charge in [0, 0.05) is 62.9 Å². The summed E-state index contributed by atoms with van der Waals surface area (Å²) in [6.45, 7) is 13.5. The summed E-state index contributed by atoms with van der Waals surface area (Å²) in [6, 6.07) is 2.06. The summed E-state index contributed by atoms with van der Waals surface area (Å²) in [5.41, 5.74) is 5.00. The molecule has 4 heterocycles. The highest BCUT2D eigenvalue weighted by atomic mass is 16.2. The first-order valence-corrected chi connectivity index (χ1v) is 11.6. The Kier molecular flexibility index (Phi) is 6.04. The molecule has 2 saturated heterocycles. The van der Waals surface area contributed by atoms with Crippen LogP contribution >= 0.6 is 0 Å². The van der Waals surface area contributed by atoms with Crippen molar-refractivity contribution < 1.29 is 9.59 Å². The number of amides is 2. The van der Waals surface area contributed by atoms with Gasteiger partial charge in [-0.2, -0.15) is 5.10 Å². The molecule has 3 atom stereocenters. The van der Waals surface area contributed by atoms with Gasteiger partial charge >= 0.3 is 0 Å². The van der Waals surface area contributed by atoms with Crippen molar-refractivity contribution in [1.29, 1.82) is 0 Å². The lowest BCUT2D eigenvalue weighted by atomic mass is 9.91. The summed E-state index contributed by atoms with van der Waals surface area (Å²) in [5.74, 6) is 1.78. The maximum Gasteiger partial charge on any atom is 0.222 e. The Labute approximate surface area is 184 Å². The summed E-state index contributed by atoms with van der Waals surface area (Å²) in [5, 5.41) is 4.85. The van der Waals surface area contributed by atoms with Gasteiger partial charge in [-0.1, -0.05) is 13.8 Å². The second kappa shape index (κ2) is 8.60. The van der Waals surface area contributed by atoms with Gasteiger partial charge < -0.3 is 9.80 Å². The first-order valence-electron chi connectivity index (χ1n) is 11.6. The number of carbonyl (C=O) groups is 2. The van der Waals surface area contributed by atoms with E-state index >= 15 is 0 Å². The average Bonchev–Trinajstić information content (AvgIpc) is 3.34. The van der Waals surface area contributed by atoms with Crippen LogP contribution in [0.25, 0.3) is 5.65 Å². The van der Waals surface area contributed by atoms with E-state index in [-0.39, 0.29) is 17.7 Å². The number of aryl methyl sites for hydroxylation is 2. The Hall–Kier alpha value is -2.44. The number of rotatable bonds is 4. The number of fused-ring (bicyclic) bond motifs is 1. The van der Waals surface area contributed by atoms with Crippen LogP contribution in [0.1, 0.15) is 68.6 Å². The highest BCUT2D eigenvalue weighted by molar-refractivity contribution is 5.76. The number of carbonyl (C=O) groups excluding carboxylic acids is 2. The van der Waals surface area contributed by atoms with E-state index in [9.17, 15) is 9.59 Å². The highest BCUT2D eigenvalue weighted by Gasteiger charge is 2.28. The number of piperidine rings is 1. The first-order chi connectivity index (χ1) is 14.7. The molecule has 0 aliphatic carbocycles. The largest absolute Gasteiger partial charge is 0.342 e. The Balaban J connectivity index is 1.50. The third-order valence-electron chi connectivity index (χ3n) is 7.05. The van der Waals surface area contributed by atoms with Crippen LogP contribution in [0.3, 0.4) is 0 Å². The Morgan fingerprint density at radius 2 is 1.81 bits per heavy atom. The van der Waals surface area contributed by atoms with Gasteiger partial charge in [-0.05, 0) is 50.5 Å². The van der Waals surface area contributed by atoms with Gasteiger partial charge in [0.05, 0.1) is 5.69 Å². The van der Waals surface area contributed by atoms with E-state index < -0.39 is 0 Å². The molecule has 4 rings (SSSR count). The van der Waals surface area contributed by atoms with E-state index in [4.69, 9.17) is 10.1 Å². The molecule has 2 aromatic rings. The summed E-state index contributed by atoms with van der Waals surface area (Å²) in [6.07, 6.45) is 3.35. The summed E-state index contributed by atoms with van der Waals surface area (Å²) in [7, 11) is 0. The van der Waals surface area contributed by atoms with Crippen molar-refractivity contribution in [3.05, 3.63) is 28.7 Å². The van der Waals surface area contributed by atoms with Gasteiger partial charge in [-0.25, -0.2) is 9.50 Å². The van der Waals surface area contributed by atoms with Crippen molar-refractivity contribution >= 4 is 17.5 Å². The van der Waals surface area contributed by atoms with Crippen LogP contribution in [-0.4, -0.2) is 62.4 Å². The van der Waals surface area contributed by atoms with Gasteiger partial charge in [0.25, 0.3) is 0 Å². The summed E-state index contributed by atoms with van der Waals surface area (Å²) < 4.78 is 1.92. The zero-order chi connectivity index (χ0) is 22.3. The molecule has 7 heteroatoms. The number of likely N-dealkylation sites (tertiary alicyclic amines) is 2. The normalized spacial score (nSPS) is 24.2. The predicted molar refractivity (Wildman–Crippen MR) is 120 cm³/mol. The number of hydrogen-bond donors (Lipinski definition) is 0. The van der Waals surface area contributed by atoms with E-state index in [1.165, 1.54) is 6.42 Å². The Morgan fingerprint density at radius 1 is 1.10 bits per heavy atom. The maximum atomic E-state index is 12.9. The van der Waals surface area contributed by atoms with Gasteiger partial charge in [0.2, 0.25) is 11.8 Å². The Morgan fingerprint density at radius 3 is 2.45 bits per heavy atom. The van der Waals surface area contributed by atoms with Crippen LogP contribution < -0.4 is 0 Å². The molecule has 0 spiro atoms. The monoisotopic (exact) mass is 425 g/mol. The average molecular weight is 426 g/mol. The summed E-state index contributed by atoms with van der Waals surface area (Å²) in [4.78, 5) is 33.3. The van der Waals surface area contributed by atoms with Crippen molar-refractivity contribution in [2.24, 2.45) is 11.8 Å². The van der Waals surface area contributed by atoms with Crippen LogP contribution in [0.4, 0.5) is 0 Å². The van der Waals surface area contributed by atoms with Crippen LogP contribution in [0, 0.1) is 25.7 Å². The third-order valence-corrected chi connectivity index (χ3v) is 7.05. The highest BCUT2D eigenvalue weighted by Crippen LogP contribution is 2.28. The quantitative estimate of drug-likeness (QED) is 0.755. The molecule has 7 nitrogen and oxygen atoms in total. The molecule has 0 unspecified atom stereocenters. The molecule has 2 aromatic heterocycles.